The zero-order valence-corrected chi connectivity index (χ0v) is 38.0. The molecule has 2 aliphatic heterocycles. The van der Waals surface area contributed by atoms with Crippen molar-refractivity contribution in [1.82, 2.24) is 14.5 Å². The van der Waals surface area contributed by atoms with Gasteiger partial charge in [-0.3, -0.25) is 14.6 Å². The number of carbonyl (C=O) groups is 1. The Kier molecular flexibility index (Phi) is 15.2. The van der Waals surface area contributed by atoms with Crippen molar-refractivity contribution in [3.8, 4) is 0 Å². The predicted octanol–water partition coefficient (Wildman–Crippen LogP) is 8.87. The quantitative estimate of drug-likeness (QED) is 0.105. The van der Waals surface area contributed by atoms with Gasteiger partial charge in [-0.25, -0.2) is 21.6 Å². The number of sulfone groups is 1. The van der Waals surface area contributed by atoms with Crippen molar-refractivity contribution in [2.75, 3.05) is 73.4 Å². The van der Waals surface area contributed by atoms with E-state index in [0.29, 0.717) is 24.8 Å². The van der Waals surface area contributed by atoms with Gasteiger partial charge in [0.25, 0.3) is 25.8 Å². The molecule has 2 saturated heterocycles. The highest BCUT2D eigenvalue weighted by molar-refractivity contribution is 7.99. The summed E-state index contributed by atoms with van der Waals surface area (Å²) in [5, 5.41) is 3.72. The van der Waals surface area contributed by atoms with E-state index < -0.39 is 47.1 Å². The van der Waals surface area contributed by atoms with Crippen LogP contribution >= 0.6 is 35.1 Å². The molecule has 0 saturated carbocycles. The van der Waals surface area contributed by atoms with Crippen molar-refractivity contribution >= 4 is 77.8 Å². The number of benzene rings is 4. The van der Waals surface area contributed by atoms with Crippen LogP contribution in [0.25, 0.3) is 5.57 Å². The summed E-state index contributed by atoms with van der Waals surface area (Å²) < 4.78 is 97.3. The second kappa shape index (κ2) is 20.4. The van der Waals surface area contributed by atoms with Gasteiger partial charge in [0.15, 0.2) is 0 Å². The Hall–Kier alpha value is -3.71. The van der Waals surface area contributed by atoms with Gasteiger partial charge in [-0.2, -0.15) is 13.2 Å². The Labute approximate surface area is 375 Å². The summed E-state index contributed by atoms with van der Waals surface area (Å²) >= 11 is 9.38. The van der Waals surface area contributed by atoms with Gasteiger partial charge in [0, 0.05) is 90.4 Å². The summed E-state index contributed by atoms with van der Waals surface area (Å²) in [5.74, 6) is 1.16. The van der Waals surface area contributed by atoms with E-state index in [-0.39, 0.29) is 11.3 Å². The largest absolute Gasteiger partial charge is 0.501 e. The normalized spacial score (nSPS) is 17.6. The molecule has 0 aromatic heterocycles. The number of nitrogens with zero attached hydrogens (tertiary/aromatic N) is 3. The lowest BCUT2D eigenvalue weighted by molar-refractivity contribution is -0.0435. The van der Waals surface area contributed by atoms with Crippen molar-refractivity contribution < 1.29 is 34.8 Å². The summed E-state index contributed by atoms with van der Waals surface area (Å²) in [6, 6.07) is 25.9. The molecule has 18 heteroatoms. The number of hydrogen-bond donors (Lipinski definition) is 2. The maximum atomic E-state index is 14.1. The molecule has 1 aliphatic carbocycles. The molecule has 332 valence electrons. The van der Waals surface area contributed by atoms with Crippen molar-refractivity contribution in [2.24, 2.45) is 0 Å². The standard InChI is InChI=1S/C44H49ClF3N5O5S4/c45-35-14-10-32(11-15-35)40-9-5-4-6-34(40)29-51-22-24-53(25-23-51)37-16-12-33(13-17-37)43(54)50-62(57,58)39-18-19-41(42(28-39)61(55,56)44(46,47)48)49-36(20-21-52-26-27-59-31-52)30-60-38-7-2-1-3-8-38/h1-3,7-8,10-19,28,36,49H,4-6,9,20-27,29-31H2,(H,50,54)/t36-/m1/s1. The Bertz CT molecular complexity index is 2430. The molecule has 0 spiro atoms. The van der Waals surface area contributed by atoms with Crippen LogP contribution in [-0.2, 0) is 19.9 Å². The van der Waals surface area contributed by atoms with Gasteiger partial charge in [0.1, 0.15) is 4.90 Å². The van der Waals surface area contributed by atoms with Crippen molar-refractivity contribution in [1.29, 1.82) is 0 Å². The molecule has 1 atom stereocenters. The van der Waals surface area contributed by atoms with E-state index in [1.54, 1.807) is 23.9 Å². The number of sulfonamides is 1. The van der Waals surface area contributed by atoms with E-state index in [4.69, 9.17) is 11.6 Å². The van der Waals surface area contributed by atoms with E-state index in [0.717, 1.165) is 91.5 Å². The lowest BCUT2D eigenvalue weighted by Crippen LogP contribution is -2.47. The molecule has 3 aliphatic rings. The van der Waals surface area contributed by atoms with Crippen LogP contribution < -0.4 is 14.9 Å². The molecule has 4 aromatic carbocycles. The number of anilines is 2. The van der Waals surface area contributed by atoms with Crippen LogP contribution in [0.5, 0.6) is 0 Å². The smallest absolute Gasteiger partial charge is 0.380 e. The third-order valence-corrected chi connectivity index (χ3v) is 16.6. The number of nitrogens with one attached hydrogen (secondary N) is 2. The van der Waals surface area contributed by atoms with Gasteiger partial charge in [-0.05, 0) is 110 Å². The fourth-order valence-corrected chi connectivity index (χ4v) is 12.0. The number of halogens is 4. The number of carbonyl (C=O) groups excluding carboxylic acids is 1. The van der Waals surface area contributed by atoms with Crippen molar-refractivity contribution in [2.45, 2.75) is 58.3 Å². The van der Waals surface area contributed by atoms with Crippen LogP contribution in [0.1, 0.15) is 48.0 Å². The van der Waals surface area contributed by atoms with E-state index in [2.05, 4.69) is 32.1 Å². The summed E-state index contributed by atoms with van der Waals surface area (Å²) in [6.07, 6.45) is 4.95. The Morgan fingerprint density at radius 1 is 0.839 bits per heavy atom. The molecule has 62 heavy (non-hydrogen) atoms. The number of amides is 1. The second-order valence-corrected chi connectivity index (χ2v) is 21.8. The van der Waals surface area contributed by atoms with Gasteiger partial charge < -0.3 is 10.2 Å². The molecule has 7 rings (SSSR count). The van der Waals surface area contributed by atoms with Gasteiger partial charge in [0.2, 0.25) is 0 Å². The Morgan fingerprint density at radius 3 is 2.23 bits per heavy atom. The first-order chi connectivity index (χ1) is 29.7. The summed E-state index contributed by atoms with van der Waals surface area (Å²) in [4.78, 5) is 19.0. The fourth-order valence-electron chi connectivity index (χ4n) is 7.87. The molecule has 4 aromatic rings. The second-order valence-electron chi connectivity index (χ2n) is 15.6. The fraction of sp³-hybridized carbons (Fsp3) is 0.386. The van der Waals surface area contributed by atoms with E-state index in [1.165, 1.54) is 53.4 Å². The van der Waals surface area contributed by atoms with Crippen LogP contribution in [0.15, 0.2) is 117 Å². The van der Waals surface area contributed by atoms with Crippen molar-refractivity contribution in [3.05, 3.63) is 119 Å². The molecule has 1 amide bonds. The van der Waals surface area contributed by atoms with E-state index in [9.17, 15) is 34.8 Å². The van der Waals surface area contributed by atoms with Crippen LogP contribution in [0.4, 0.5) is 24.5 Å². The number of allylic oxidation sites excluding steroid dienone is 1. The number of piperazine rings is 1. The molecule has 0 radical (unpaired) electrons. The minimum atomic E-state index is -6.03. The maximum absolute atomic E-state index is 14.1. The number of rotatable bonds is 16. The first-order valence-corrected chi connectivity index (χ1v) is 26.0. The first kappa shape index (κ1) is 46.3. The van der Waals surface area contributed by atoms with Crippen LogP contribution in [0.2, 0.25) is 5.02 Å². The maximum Gasteiger partial charge on any atom is 0.501 e. The zero-order chi connectivity index (χ0) is 43.9. The lowest BCUT2D eigenvalue weighted by atomic mass is 9.87. The summed E-state index contributed by atoms with van der Waals surface area (Å²) in [6.45, 7) is 5.57. The molecule has 0 bridgehead atoms. The average Bonchev–Trinajstić information content (AvgIpc) is 3.79. The molecule has 2 heterocycles. The molecule has 2 N–H and O–H groups in total. The van der Waals surface area contributed by atoms with Crippen molar-refractivity contribution in [3.63, 3.8) is 0 Å². The predicted molar refractivity (Wildman–Crippen MR) is 244 cm³/mol. The molecular formula is C44H49ClF3N5O5S4. The van der Waals surface area contributed by atoms with Gasteiger partial charge >= 0.3 is 5.51 Å². The summed E-state index contributed by atoms with van der Waals surface area (Å²) in [7, 11) is -10.8. The third-order valence-electron chi connectivity index (χ3n) is 11.3. The van der Waals surface area contributed by atoms with Gasteiger partial charge in [0.05, 0.1) is 10.6 Å². The third kappa shape index (κ3) is 11.7. The minimum Gasteiger partial charge on any atom is -0.380 e. The zero-order valence-electron chi connectivity index (χ0n) is 33.9. The van der Waals surface area contributed by atoms with Crippen LogP contribution in [-0.4, -0.2) is 107 Å². The lowest BCUT2D eigenvalue weighted by Gasteiger charge is -2.37. The molecule has 2 fully saturated rings. The highest BCUT2D eigenvalue weighted by Crippen LogP contribution is 2.37. The van der Waals surface area contributed by atoms with Gasteiger partial charge in [-0.1, -0.05) is 47.5 Å². The monoisotopic (exact) mass is 947 g/mol. The molecule has 0 unspecified atom stereocenters. The summed E-state index contributed by atoms with van der Waals surface area (Å²) in [5.41, 5.74) is -1.14. The van der Waals surface area contributed by atoms with Crippen LogP contribution in [0, 0.1) is 0 Å². The number of alkyl halides is 3. The number of thioether (sulfide) groups is 2. The van der Waals surface area contributed by atoms with Crippen LogP contribution in [0.3, 0.4) is 0 Å². The first-order valence-electron chi connectivity index (χ1n) is 20.5. The van der Waals surface area contributed by atoms with E-state index >= 15 is 0 Å². The highest BCUT2D eigenvalue weighted by Gasteiger charge is 2.48. The SMILES string of the molecule is O=C(NS(=O)(=O)c1ccc(N[C@H](CCN2CCSC2)CSc2ccccc2)c(S(=O)(=O)C(F)(F)F)c1)c1ccc(N2CCN(CC3=C(c4ccc(Cl)cc4)CCCC3)CC2)cc1. The molecular weight excluding hydrogens is 899 g/mol. The number of hydrogen-bond acceptors (Lipinski definition) is 11. The van der Waals surface area contributed by atoms with Gasteiger partial charge in [-0.15, -0.1) is 23.5 Å². The topological polar surface area (TPSA) is 119 Å². The highest BCUT2D eigenvalue weighted by atomic mass is 35.5. The minimum absolute atomic E-state index is 0.00603. The van der Waals surface area contributed by atoms with E-state index in [1.807, 2.05) is 47.2 Å². The molecule has 10 nitrogen and oxygen atoms in total. The Balaban J connectivity index is 1.01. The average molecular weight is 949 g/mol. The Morgan fingerprint density at radius 2 is 1.55 bits per heavy atom.